The van der Waals surface area contributed by atoms with E-state index in [2.05, 4.69) is 26.1 Å². The molecule has 1 aromatic heterocycles. The standard InChI is InChI=1S/C19H19BrN4O2S/c1-23(11-14-5-3-4-6-17(14)20)18(25)12-27-19-22-21-13-24(19)15-7-9-16(26-2)10-8-15/h3-10,13H,11-12H2,1-2H3. The average Bonchev–Trinajstić information content (AvgIpc) is 3.16. The molecule has 1 heterocycles. The van der Waals surface area contributed by atoms with Crippen LogP contribution in [0.3, 0.4) is 0 Å². The molecule has 0 saturated carbocycles. The van der Waals surface area contributed by atoms with Gasteiger partial charge in [0.2, 0.25) is 5.91 Å². The van der Waals surface area contributed by atoms with E-state index in [0.29, 0.717) is 11.7 Å². The first kappa shape index (κ1) is 19.4. The van der Waals surface area contributed by atoms with Crippen LogP contribution in [-0.4, -0.2) is 45.5 Å². The number of nitrogens with zero attached hydrogens (tertiary/aromatic N) is 4. The number of ether oxygens (including phenoxy) is 1. The molecule has 0 fully saturated rings. The lowest BCUT2D eigenvalue weighted by Gasteiger charge is -2.18. The Balaban J connectivity index is 1.62. The van der Waals surface area contributed by atoms with Crippen LogP contribution >= 0.6 is 27.7 Å². The largest absolute Gasteiger partial charge is 0.497 e. The van der Waals surface area contributed by atoms with Crippen molar-refractivity contribution in [2.75, 3.05) is 19.9 Å². The van der Waals surface area contributed by atoms with Crippen LogP contribution in [-0.2, 0) is 11.3 Å². The Morgan fingerprint density at radius 2 is 1.96 bits per heavy atom. The van der Waals surface area contributed by atoms with Gasteiger partial charge in [0.1, 0.15) is 12.1 Å². The lowest BCUT2D eigenvalue weighted by Crippen LogP contribution is -2.28. The number of hydrogen-bond acceptors (Lipinski definition) is 5. The minimum Gasteiger partial charge on any atom is -0.497 e. The Bertz CT molecular complexity index is 914. The van der Waals surface area contributed by atoms with Crippen molar-refractivity contribution in [3.8, 4) is 11.4 Å². The van der Waals surface area contributed by atoms with Gasteiger partial charge in [-0.1, -0.05) is 45.9 Å². The summed E-state index contributed by atoms with van der Waals surface area (Å²) in [6, 6.07) is 15.5. The van der Waals surface area contributed by atoms with Gasteiger partial charge in [-0.15, -0.1) is 10.2 Å². The molecule has 0 saturated heterocycles. The highest BCUT2D eigenvalue weighted by Crippen LogP contribution is 2.22. The van der Waals surface area contributed by atoms with E-state index in [4.69, 9.17) is 4.74 Å². The molecular weight excluding hydrogens is 428 g/mol. The summed E-state index contributed by atoms with van der Waals surface area (Å²) in [6.07, 6.45) is 1.64. The summed E-state index contributed by atoms with van der Waals surface area (Å²) in [4.78, 5) is 14.2. The average molecular weight is 447 g/mol. The van der Waals surface area contributed by atoms with Crippen molar-refractivity contribution in [2.45, 2.75) is 11.7 Å². The molecule has 0 aliphatic rings. The number of benzene rings is 2. The van der Waals surface area contributed by atoms with Crippen molar-refractivity contribution in [3.05, 3.63) is 64.9 Å². The van der Waals surface area contributed by atoms with Crippen molar-refractivity contribution in [1.82, 2.24) is 19.7 Å². The van der Waals surface area contributed by atoms with Crippen molar-refractivity contribution in [2.24, 2.45) is 0 Å². The zero-order valence-corrected chi connectivity index (χ0v) is 17.4. The van der Waals surface area contributed by atoms with Crippen LogP contribution in [0.5, 0.6) is 5.75 Å². The molecule has 6 nitrogen and oxygen atoms in total. The van der Waals surface area contributed by atoms with Crippen LogP contribution in [0.1, 0.15) is 5.56 Å². The molecule has 27 heavy (non-hydrogen) atoms. The van der Waals surface area contributed by atoms with Crippen LogP contribution in [0.25, 0.3) is 5.69 Å². The van der Waals surface area contributed by atoms with Crippen molar-refractivity contribution >= 4 is 33.6 Å². The number of aromatic nitrogens is 3. The third-order valence-electron chi connectivity index (χ3n) is 3.98. The molecule has 0 radical (unpaired) electrons. The molecule has 0 N–H and O–H groups in total. The first-order valence-electron chi connectivity index (χ1n) is 8.23. The fraction of sp³-hybridized carbons (Fsp3) is 0.211. The number of carbonyl (C=O) groups is 1. The highest BCUT2D eigenvalue weighted by Gasteiger charge is 2.14. The molecule has 3 rings (SSSR count). The summed E-state index contributed by atoms with van der Waals surface area (Å²) in [5.41, 5.74) is 1.98. The van der Waals surface area contributed by atoms with Gasteiger partial charge in [-0.3, -0.25) is 9.36 Å². The number of rotatable bonds is 7. The summed E-state index contributed by atoms with van der Waals surface area (Å²) >= 11 is 4.88. The molecule has 1 amide bonds. The highest BCUT2D eigenvalue weighted by molar-refractivity contribution is 9.10. The number of halogens is 1. The summed E-state index contributed by atoms with van der Waals surface area (Å²) < 4.78 is 8.03. The van der Waals surface area contributed by atoms with Gasteiger partial charge in [0, 0.05) is 23.8 Å². The van der Waals surface area contributed by atoms with Gasteiger partial charge >= 0.3 is 0 Å². The lowest BCUT2D eigenvalue weighted by molar-refractivity contribution is -0.127. The predicted octanol–water partition coefficient (Wildman–Crippen LogP) is 3.79. The second-order valence-electron chi connectivity index (χ2n) is 5.81. The Morgan fingerprint density at radius 1 is 1.22 bits per heavy atom. The fourth-order valence-electron chi connectivity index (χ4n) is 2.45. The van der Waals surface area contributed by atoms with E-state index in [1.54, 1.807) is 25.4 Å². The lowest BCUT2D eigenvalue weighted by atomic mass is 10.2. The van der Waals surface area contributed by atoms with Crippen molar-refractivity contribution in [1.29, 1.82) is 0 Å². The van der Waals surface area contributed by atoms with Crippen molar-refractivity contribution < 1.29 is 9.53 Å². The molecule has 0 aliphatic carbocycles. The smallest absolute Gasteiger partial charge is 0.233 e. The van der Waals surface area contributed by atoms with E-state index in [0.717, 1.165) is 21.5 Å². The predicted molar refractivity (Wildman–Crippen MR) is 109 cm³/mol. The Kier molecular flexibility index (Phi) is 6.52. The molecule has 0 aliphatic heterocycles. The van der Waals surface area contributed by atoms with Crippen LogP contribution in [0.2, 0.25) is 0 Å². The Labute approximate surface area is 170 Å². The van der Waals surface area contributed by atoms with E-state index in [1.807, 2.05) is 53.1 Å². The van der Waals surface area contributed by atoms with Gasteiger partial charge in [0.25, 0.3) is 0 Å². The SMILES string of the molecule is COc1ccc(-n2cnnc2SCC(=O)N(C)Cc2ccccc2Br)cc1. The monoisotopic (exact) mass is 446 g/mol. The van der Waals surface area contributed by atoms with E-state index < -0.39 is 0 Å². The molecule has 0 bridgehead atoms. The zero-order chi connectivity index (χ0) is 19.2. The van der Waals surface area contributed by atoms with Gasteiger partial charge in [0.05, 0.1) is 12.9 Å². The molecular formula is C19H19BrN4O2S. The van der Waals surface area contributed by atoms with Crippen LogP contribution in [0, 0.1) is 0 Å². The number of amides is 1. The third-order valence-corrected chi connectivity index (χ3v) is 5.68. The zero-order valence-electron chi connectivity index (χ0n) is 15.0. The number of thioether (sulfide) groups is 1. The van der Waals surface area contributed by atoms with E-state index in [1.165, 1.54) is 11.8 Å². The number of hydrogen-bond donors (Lipinski definition) is 0. The molecule has 0 atom stereocenters. The minimum atomic E-state index is 0.0278. The molecule has 0 spiro atoms. The van der Waals surface area contributed by atoms with Crippen LogP contribution in [0.4, 0.5) is 0 Å². The van der Waals surface area contributed by atoms with E-state index in [9.17, 15) is 4.79 Å². The Hall–Kier alpha value is -2.32. The second-order valence-corrected chi connectivity index (χ2v) is 7.61. The molecule has 0 unspecified atom stereocenters. The van der Waals surface area contributed by atoms with Gasteiger partial charge in [-0.25, -0.2) is 0 Å². The second kappa shape index (κ2) is 9.05. The topological polar surface area (TPSA) is 60.2 Å². The maximum atomic E-state index is 12.5. The van der Waals surface area contributed by atoms with E-state index >= 15 is 0 Å². The van der Waals surface area contributed by atoms with Gasteiger partial charge in [-0.05, 0) is 35.9 Å². The normalized spacial score (nSPS) is 10.6. The quantitative estimate of drug-likeness (QED) is 0.516. The third kappa shape index (κ3) is 4.90. The maximum Gasteiger partial charge on any atom is 0.233 e. The highest BCUT2D eigenvalue weighted by atomic mass is 79.9. The summed E-state index contributed by atoms with van der Waals surface area (Å²) in [5.74, 6) is 1.10. The van der Waals surface area contributed by atoms with Gasteiger partial charge in [-0.2, -0.15) is 0 Å². The number of methoxy groups -OCH3 is 1. The molecule has 8 heteroatoms. The number of carbonyl (C=O) groups excluding carboxylic acids is 1. The fourth-order valence-corrected chi connectivity index (χ4v) is 3.73. The Morgan fingerprint density at radius 3 is 2.67 bits per heavy atom. The van der Waals surface area contributed by atoms with Crippen LogP contribution < -0.4 is 4.74 Å². The van der Waals surface area contributed by atoms with Gasteiger partial charge < -0.3 is 9.64 Å². The first-order chi connectivity index (χ1) is 13.1. The minimum absolute atomic E-state index is 0.0278. The van der Waals surface area contributed by atoms with Crippen molar-refractivity contribution in [3.63, 3.8) is 0 Å². The maximum absolute atomic E-state index is 12.5. The van der Waals surface area contributed by atoms with Crippen LogP contribution in [0.15, 0.2) is 64.5 Å². The molecule has 140 valence electrons. The van der Waals surface area contributed by atoms with Gasteiger partial charge in [0.15, 0.2) is 5.16 Å². The molecule has 2 aromatic carbocycles. The summed E-state index contributed by atoms with van der Waals surface area (Å²) in [5, 5.41) is 8.77. The summed E-state index contributed by atoms with van der Waals surface area (Å²) in [7, 11) is 3.43. The molecule has 3 aromatic rings. The summed E-state index contributed by atoms with van der Waals surface area (Å²) in [6.45, 7) is 0.548. The van der Waals surface area contributed by atoms with E-state index in [-0.39, 0.29) is 11.7 Å². The first-order valence-corrected chi connectivity index (χ1v) is 10.0.